The first-order valence-electron chi connectivity index (χ1n) is 11.0. The standard InChI is InChI=1S/C25H27N3O3S/c1-25(2)16-28(13-12-27-25)23(29)22-15-26-24(32-22)30-19-9-11-21-18(14-19)8-10-20(31-21)17-6-4-3-5-7-17/h3-7,9,11,14-15,20,27H,8,10,12-13,16H2,1-2H3/t20-/m0/s1. The van der Waals surface area contributed by atoms with Gasteiger partial charge in [-0.2, -0.15) is 0 Å². The molecule has 1 fully saturated rings. The zero-order chi connectivity index (χ0) is 22.1. The Morgan fingerprint density at radius 3 is 2.91 bits per heavy atom. The second kappa shape index (κ2) is 8.56. The Bertz CT molecular complexity index is 1110. The Hall–Kier alpha value is -2.90. The van der Waals surface area contributed by atoms with Crippen LogP contribution < -0.4 is 14.8 Å². The Balaban J connectivity index is 1.25. The van der Waals surface area contributed by atoms with Gasteiger partial charge >= 0.3 is 0 Å². The number of fused-ring (bicyclic) bond motifs is 1. The molecule has 166 valence electrons. The van der Waals surface area contributed by atoms with Gasteiger partial charge in [0.1, 0.15) is 22.5 Å². The van der Waals surface area contributed by atoms with Crippen molar-refractivity contribution < 1.29 is 14.3 Å². The van der Waals surface area contributed by atoms with Crippen LogP contribution in [0.1, 0.15) is 47.2 Å². The van der Waals surface area contributed by atoms with E-state index in [1.807, 2.05) is 41.3 Å². The minimum atomic E-state index is -0.0807. The van der Waals surface area contributed by atoms with Crippen LogP contribution in [0.15, 0.2) is 54.7 Å². The van der Waals surface area contributed by atoms with Crippen LogP contribution in [0.2, 0.25) is 0 Å². The number of nitrogens with one attached hydrogen (secondary N) is 1. The first kappa shape index (κ1) is 21.0. The number of aryl methyl sites for hydroxylation is 1. The Labute approximate surface area is 192 Å². The first-order chi connectivity index (χ1) is 15.5. The smallest absolute Gasteiger partial charge is 0.279 e. The van der Waals surface area contributed by atoms with E-state index in [2.05, 4.69) is 36.3 Å². The molecule has 5 rings (SSSR count). The molecule has 2 aliphatic heterocycles. The summed E-state index contributed by atoms with van der Waals surface area (Å²) in [6, 6.07) is 16.2. The van der Waals surface area contributed by atoms with Crippen molar-refractivity contribution in [3.05, 3.63) is 70.7 Å². The minimum absolute atomic E-state index is 0.0118. The number of benzene rings is 2. The highest BCUT2D eigenvalue weighted by Crippen LogP contribution is 2.38. The fourth-order valence-electron chi connectivity index (χ4n) is 4.31. The number of nitrogens with zero attached hydrogens (tertiary/aromatic N) is 2. The quantitative estimate of drug-likeness (QED) is 0.618. The number of hydrogen-bond donors (Lipinski definition) is 1. The van der Waals surface area contributed by atoms with E-state index in [9.17, 15) is 4.79 Å². The molecule has 1 saturated heterocycles. The van der Waals surface area contributed by atoms with E-state index in [1.54, 1.807) is 6.20 Å². The molecule has 3 aromatic rings. The van der Waals surface area contributed by atoms with Crippen LogP contribution in [0.5, 0.6) is 16.7 Å². The average molecular weight is 450 g/mol. The average Bonchev–Trinajstić information content (AvgIpc) is 3.26. The summed E-state index contributed by atoms with van der Waals surface area (Å²) in [7, 11) is 0. The van der Waals surface area contributed by atoms with E-state index in [0.717, 1.165) is 30.7 Å². The second-order valence-corrected chi connectivity index (χ2v) is 9.95. The fourth-order valence-corrected chi connectivity index (χ4v) is 5.06. The molecule has 0 bridgehead atoms. The molecule has 1 atom stereocenters. The highest BCUT2D eigenvalue weighted by molar-refractivity contribution is 7.15. The number of carbonyl (C=O) groups is 1. The third-order valence-electron chi connectivity index (χ3n) is 5.91. The molecule has 0 saturated carbocycles. The lowest BCUT2D eigenvalue weighted by Gasteiger charge is -2.38. The molecule has 0 unspecified atom stereocenters. The third kappa shape index (κ3) is 4.49. The van der Waals surface area contributed by atoms with Gasteiger partial charge in [0, 0.05) is 25.2 Å². The molecule has 0 spiro atoms. The van der Waals surface area contributed by atoms with Gasteiger partial charge in [0.05, 0.1) is 6.20 Å². The van der Waals surface area contributed by atoms with Crippen molar-refractivity contribution in [2.75, 3.05) is 19.6 Å². The molecule has 2 aliphatic rings. The van der Waals surface area contributed by atoms with Crippen molar-refractivity contribution in [1.82, 2.24) is 15.2 Å². The molecular weight excluding hydrogens is 422 g/mol. The molecular formula is C25H27N3O3S. The number of piperazine rings is 1. The van der Waals surface area contributed by atoms with E-state index < -0.39 is 0 Å². The van der Waals surface area contributed by atoms with Gasteiger partial charge < -0.3 is 19.7 Å². The summed E-state index contributed by atoms with van der Waals surface area (Å²) in [5.74, 6) is 1.62. The van der Waals surface area contributed by atoms with Crippen LogP contribution in [0.25, 0.3) is 0 Å². The SMILES string of the molecule is CC1(C)CN(C(=O)c2cnc(Oc3ccc4c(c3)CC[C@@H](c3ccccc3)O4)s2)CCN1. The van der Waals surface area contributed by atoms with Crippen molar-refractivity contribution in [2.45, 2.75) is 38.3 Å². The van der Waals surface area contributed by atoms with Gasteiger partial charge in [0.25, 0.3) is 11.1 Å². The van der Waals surface area contributed by atoms with Gasteiger partial charge in [-0.05, 0) is 56.0 Å². The molecule has 1 amide bonds. The Morgan fingerprint density at radius 2 is 2.09 bits per heavy atom. The summed E-state index contributed by atoms with van der Waals surface area (Å²) in [6.07, 6.45) is 3.55. The summed E-state index contributed by atoms with van der Waals surface area (Å²) in [5.41, 5.74) is 2.25. The normalized spacial score (nSPS) is 19.7. The third-order valence-corrected chi connectivity index (χ3v) is 6.77. The first-order valence-corrected chi connectivity index (χ1v) is 11.8. The predicted octanol–water partition coefficient (Wildman–Crippen LogP) is 4.83. The number of ether oxygens (including phenoxy) is 2. The second-order valence-electron chi connectivity index (χ2n) is 8.96. The van der Waals surface area contributed by atoms with Crippen LogP contribution in [0.4, 0.5) is 0 Å². The van der Waals surface area contributed by atoms with Gasteiger partial charge in [-0.15, -0.1) is 0 Å². The summed E-state index contributed by atoms with van der Waals surface area (Å²) in [6.45, 7) is 6.38. The monoisotopic (exact) mass is 449 g/mol. The largest absolute Gasteiger partial charge is 0.485 e. The maximum atomic E-state index is 12.9. The van der Waals surface area contributed by atoms with Crippen molar-refractivity contribution in [1.29, 1.82) is 0 Å². The van der Waals surface area contributed by atoms with Crippen LogP contribution in [-0.2, 0) is 6.42 Å². The van der Waals surface area contributed by atoms with E-state index in [-0.39, 0.29) is 17.6 Å². The topological polar surface area (TPSA) is 63.7 Å². The number of hydrogen-bond acceptors (Lipinski definition) is 6. The highest BCUT2D eigenvalue weighted by Gasteiger charge is 2.30. The molecule has 1 aromatic heterocycles. The molecule has 1 N–H and O–H groups in total. The molecule has 32 heavy (non-hydrogen) atoms. The van der Waals surface area contributed by atoms with Crippen molar-refractivity contribution >= 4 is 17.2 Å². The summed E-state index contributed by atoms with van der Waals surface area (Å²) >= 11 is 1.29. The lowest BCUT2D eigenvalue weighted by atomic mass is 9.97. The van der Waals surface area contributed by atoms with E-state index in [1.165, 1.54) is 16.9 Å². The zero-order valence-electron chi connectivity index (χ0n) is 18.3. The molecule has 0 aliphatic carbocycles. The lowest BCUT2D eigenvalue weighted by molar-refractivity contribution is 0.0657. The number of amides is 1. The Kier molecular flexibility index (Phi) is 5.61. The summed E-state index contributed by atoms with van der Waals surface area (Å²) < 4.78 is 12.2. The molecule has 2 aromatic carbocycles. The van der Waals surface area contributed by atoms with Crippen LogP contribution >= 0.6 is 11.3 Å². The van der Waals surface area contributed by atoms with Crippen LogP contribution in [-0.4, -0.2) is 41.0 Å². The van der Waals surface area contributed by atoms with Gasteiger partial charge in [0.2, 0.25) is 0 Å². The molecule has 7 heteroatoms. The highest BCUT2D eigenvalue weighted by atomic mass is 32.1. The molecule has 0 radical (unpaired) electrons. The van der Waals surface area contributed by atoms with Gasteiger partial charge in [0.15, 0.2) is 0 Å². The zero-order valence-corrected chi connectivity index (χ0v) is 19.2. The maximum absolute atomic E-state index is 12.9. The van der Waals surface area contributed by atoms with Gasteiger partial charge in [-0.25, -0.2) is 4.98 Å². The maximum Gasteiger partial charge on any atom is 0.279 e. The van der Waals surface area contributed by atoms with Crippen LogP contribution in [0, 0.1) is 0 Å². The molecule has 6 nitrogen and oxygen atoms in total. The number of carbonyl (C=O) groups excluding carboxylic acids is 1. The summed E-state index contributed by atoms with van der Waals surface area (Å²) in [5, 5.41) is 3.90. The Morgan fingerprint density at radius 1 is 1.25 bits per heavy atom. The van der Waals surface area contributed by atoms with Crippen molar-refractivity contribution in [3.63, 3.8) is 0 Å². The molecule has 3 heterocycles. The lowest BCUT2D eigenvalue weighted by Crippen LogP contribution is -2.58. The van der Waals surface area contributed by atoms with Crippen molar-refractivity contribution in [3.8, 4) is 16.7 Å². The number of rotatable bonds is 4. The van der Waals surface area contributed by atoms with E-state index in [0.29, 0.717) is 28.9 Å². The minimum Gasteiger partial charge on any atom is -0.485 e. The van der Waals surface area contributed by atoms with Gasteiger partial charge in [-0.3, -0.25) is 4.79 Å². The van der Waals surface area contributed by atoms with E-state index in [4.69, 9.17) is 9.47 Å². The van der Waals surface area contributed by atoms with E-state index >= 15 is 0 Å². The predicted molar refractivity (Wildman–Crippen MR) is 125 cm³/mol. The number of thiazole rings is 1. The summed E-state index contributed by atoms with van der Waals surface area (Å²) in [4.78, 5) is 19.7. The van der Waals surface area contributed by atoms with Crippen molar-refractivity contribution in [2.24, 2.45) is 0 Å². The van der Waals surface area contributed by atoms with Gasteiger partial charge in [-0.1, -0.05) is 41.7 Å². The van der Waals surface area contributed by atoms with Crippen LogP contribution in [0.3, 0.4) is 0 Å². The number of aromatic nitrogens is 1. The fraction of sp³-hybridized carbons (Fsp3) is 0.360.